The summed E-state index contributed by atoms with van der Waals surface area (Å²) >= 11 is 1.62. The lowest BCUT2D eigenvalue weighted by molar-refractivity contribution is 0.223. The van der Waals surface area contributed by atoms with Gasteiger partial charge in [0, 0.05) is 24.0 Å². The van der Waals surface area contributed by atoms with Crippen LogP contribution >= 0.6 is 11.3 Å². The minimum atomic E-state index is -1.66. The summed E-state index contributed by atoms with van der Waals surface area (Å²) < 4.78 is 6.22. The highest BCUT2D eigenvalue weighted by Gasteiger charge is 2.39. The third kappa shape index (κ3) is 3.24. The van der Waals surface area contributed by atoms with Crippen molar-refractivity contribution in [3.05, 3.63) is 35.0 Å². The number of ether oxygens (including phenoxy) is 1. The van der Waals surface area contributed by atoms with Crippen LogP contribution in [0.5, 0.6) is 5.88 Å². The average Bonchev–Trinajstić information content (AvgIpc) is 2.96. The van der Waals surface area contributed by atoms with E-state index >= 15 is 0 Å². The monoisotopic (exact) mass is 336 g/mol. The van der Waals surface area contributed by atoms with Crippen LogP contribution in [0, 0.1) is 0 Å². The van der Waals surface area contributed by atoms with Crippen molar-refractivity contribution >= 4 is 24.0 Å². The lowest BCUT2D eigenvalue weighted by atomic mass is 10.1. The molecule has 0 saturated carbocycles. The van der Waals surface area contributed by atoms with E-state index in [1.54, 1.807) is 36.9 Å². The van der Waals surface area contributed by atoms with Gasteiger partial charge in [-0.1, -0.05) is 33.9 Å². The largest absolute Gasteiger partial charge is 0.481 e. The van der Waals surface area contributed by atoms with Gasteiger partial charge >= 0.3 is 0 Å². The zero-order chi connectivity index (χ0) is 16.5. The normalized spacial score (nSPS) is 14.0. The van der Waals surface area contributed by atoms with Gasteiger partial charge in [0.05, 0.1) is 16.6 Å². The van der Waals surface area contributed by atoms with Gasteiger partial charge in [-0.25, -0.2) is 4.98 Å². The van der Waals surface area contributed by atoms with E-state index in [-0.39, 0.29) is 5.04 Å². The molecular formula is C16H24N2O2SSi. The summed E-state index contributed by atoms with van der Waals surface area (Å²) in [4.78, 5) is 9.63. The van der Waals surface area contributed by atoms with E-state index in [9.17, 15) is 5.11 Å². The van der Waals surface area contributed by atoms with Crippen molar-refractivity contribution in [2.45, 2.75) is 45.0 Å². The first-order chi connectivity index (χ1) is 10.2. The number of pyridine rings is 1. The lowest BCUT2D eigenvalue weighted by Crippen LogP contribution is -2.49. The number of nitrogens with zero attached hydrogens (tertiary/aromatic N) is 2. The molecule has 0 aromatic carbocycles. The topological polar surface area (TPSA) is 55.2 Å². The van der Waals surface area contributed by atoms with Crippen LogP contribution in [0.4, 0.5) is 0 Å². The molecule has 22 heavy (non-hydrogen) atoms. The molecule has 2 aromatic heterocycles. The molecule has 0 unspecified atom stereocenters. The summed E-state index contributed by atoms with van der Waals surface area (Å²) in [6, 6.07) is 3.59. The van der Waals surface area contributed by atoms with Crippen molar-refractivity contribution in [1.29, 1.82) is 0 Å². The van der Waals surface area contributed by atoms with Crippen LogP contribution in [0.3, 0.4) is 0 Å². The van der Waals surface area contributed by atoms with E-state index < -0.39 is 14.2 Å². The highest BCUT2D eigenvalue weighted by atomic mass is 32.1. The Morgan fingerprint density at radius 1 is 1.18 bits per heavy atom. The zero-order valence-electron chi connectivity index (χ0n) is 14.0. The maximum absolute atomic E-state index is 10.5. The molecule has 2 rings (SSSR count). The second-order valence-electron chi connectivity index (χ2n) is 6.98. The molecule has 2 heterocycles. The average molecular weight is 337 g/mol. The summed E-state index contributed by atoms with van der Waals surface area (Å²) in [6.45, 7) is 11.5. The van der Waals surface area contributed by atoms with E-state index in [2.05, 4.69) is 43.8 Å². The number of aliphatic hydroxyl groups is 1. The molecule has 0 aliphatic rings. The molecule has 120 valence electrons. The van der Waals surface area contributed by atoms with E-state index in [1.165, 1.54) is 4.63 Å². The molecule has 0 radical (unpaired) electrons. The van der Waals surface area contributed by atoms with Crippen molar-refractivity contribution in [2.24, 2.45) is 0 Å². The molecule has 0 spiro atoms. The van der Waals surface area contributed by atoms with Crippen molar-refractivity contribution < 1.29 is 9.84 Å². The van der Waals surface area contributed by atoms with Gasteiger partial charge in [-0.05, 0) is 11.1 Å². The first-order valence-electron chi connectivity index (χ1n) is 7.31. The minimum absolute atomic E-state index is 0.231. The maximum atomic E-state index is 10.5. The number of hydrogen-bond acceptors (Lipinski definition) is 5. The van der Waals surface area contributed by atoms with Crippen LogP contribution in [-0.4, -0.2) is 30.3 Å². The Balaban J connectivity index is 2.27. The molecule has 0 amide bonds. The van der Waals surface area contributed by atoms with Crippen LogP contribution in [-0.2, 0) is 0 Å². The minimum Gasteiger partial charge on any atom is -0.481 e. The van der Waals surface area contributed by atoms with Gasteiger partial charge in [-0.2, -0.15) is 0 Å². The van der Waals surface area contributed by atoms with E-state index in [4.69, 9.17) is 4.74 Å². The fourth-order valence-corrected chi connectivity index (χ4v) is 5.86. The lowest BCUT2D eigenvalue weighted by Gasteiger charge is -2.34. The molecule has 0 aliphatic heterocycles. The number of hydrogen-bond donors (Lipinski definition) is 1. The first kappa shape index (κ1) is 17.1. The predicted octanol–water partition coefficient (Wildman–Crippen LogP) is 3.34. The zero-order valence-corrected chi connectivity index (χ0v) is 15.9. The van der Waals surface area contributed by atoms with Gasteiger partial charge in [0.1, 0.15) is 14.2 Å². The smallest absolute Gasteiger partial charge is 0.212 e. The van der Waals surface area contributed by atoms with Crippen LogP contribution in [0.1, 0.15) is 37.3 Å². The Morgan fingerprint density at radius 2 is 1.86 bits per heavy atom. The molecular weight excluding hydrogens is 312 g/mol. The molecule has 4 nitrogen and oxygen atoms in total. The van der Waals surface area contributed by atoms with Crippen molar-refractivity contribution in [1.82, 2.24) is 9.97 Å². The van der Waals surface area contributed by atoms with Gasteiger partial charge in [0.25, 0.3) is 0 Å². The number of methoxy groups -OCH3 is 1. The second-order valence-corrected chi connectivity index (χ2v) is 13.6. The summed E-state index contributed by atoms with van der Waals surface area (Å²) in [6.07, 6.45) is 2.76. The quantitative estimate of drug-likeness (QED) is 0.870. The molecule has 1 atom stereocenters. The summed E-state index contributed by atoms with van der Waals surface area (Å²) in [5, 5.41) is 10.8. The van der Waals surface area contributed by atoms with Gasteiger partial charge < -0.3 is 9.84 Å². The van der Waals surface area contributed by atoms with E-state index in [0.29, 0.717) is 5.88 Å². The summed E-state index contributed by atoms with van der Waals surface area (Å²) in [5.74, 6) is 0.544. The number of aliphatic hydroxyl groups excluding tert-OH is 1. The maximum Gasteiger partial charge on any atom is 0.212 e. The Labute approximate surface area is 137 Å². The summed E-state index contributed by atoms with van der Waals surface area (Å²) in [5.41, 5.74) is 0.756. The first-order valence-corrected chi connectivity index (χ1v) is 11.1. The van der Waals surface area contributed by atoms with Gasteiger partial charge in [0.2, 0.25) is 5.88 Å². The van der Waals surface area contributed by atoms with Crippen molar-refractivity contribution in [2.75, 3.05) is 7.11 Å². The number of thiazole rings is 1. The Bertz CT molecular complexity index is 632. The van der Waals surface area contributed by atoms with Gasteiger partial charge in [-0.3, -0.25) is 4.98 Å². The van der Waals surface area contributed by atoms with Crippen LogP contribution in [0.25, 0.3) is 0 Å². The molecule has 6 heteroatoms. The molecule has 1 N–H and O–H groups in total. The van der Waals surface area contributed by atoms with Crippen LogP contribution in [0.2, 0.25) is 18.1 Å². The highest BCUT2D eigenvalue weighted by Crippen LogP contribution is 2.37. The molecule has 0 aliphatic carbocycles. The molecule has 0 fully saturated rings. The Kier molecular flexibility index (Phi) is 4.75. The van der Waals surface area contributed by atoms with Gasteiger partial charge in [-0.15, -0.1) is 11.3 Å². The standard InChI is InChI=1S/C16H24N2O2SSi/c1-16(2,3)22(5,6)15-18-10-12(21-15)14(19)11-7-8-13(20-4)17-9-11/h7-10,14,19H,1-6H3/t14-/m1/s1. The van der Waals surface area contributed by atoms with Gasteiger partial charge in [0.15, 0.2) is 0 Å². The van der Waals surface area contributed by atoms with Crippen molar-refractivity contribution in [3.63, 3.8) is 0 Å². The predicted molar refractivity (Wildman–Crippen MR) is 93.8 cm³/mol. The molecule has 0 saturated heterocycles. The SMILES string of the molecule is COc1ccc([C@@H](O)c2cnc([Si](C)(C)C(C)(C)C)s2)cn1. The Hall–Kier alpha value is -1.24. The third-order valence-corrected chi connectivity index (χ3v) is 12.1. The van der Waals surface area contributed by atoms with Crippen molar-refractivity contribution in [3.8, 4) is 5.88 Å². The molecule has 0 bridgehead atoms. The fraction of sp³-hybridized carbons (Fsp3) is 0.500. The Morgan fingerprint density at radius 3 is 2.36 bits per heavy atom. The highest BCUT2D eigenvalue weighted by molar-refractivity contribution is 7.26. The van der Waals surface area contributed by atoms with E-state index in [0.717, 1.165) is 10.4 Å². The fourth-order valence-electron chi connectivity index (χ4n) is 1.86. The van der Waals surface area contributed by atoms with Crippen LogP contribution in [0.15, 0.2) is 24.5 Å². The van der Waals surface area contributed by atoms with Crippen LogP contribution < -0.4 is 9.37 Å². The summed E-state index contributed by atoms with van der Waals surface area (Å²) in [7, 11) is -0.0845. The van der Waals surface area contributed by atoms with E-state index in [1.807, 2.05) is 6.07 Å². The third-order valence-electron chi connectivity index (χ3n) is 4.49. The number of rotatable bonds is 4. The molecule has 2 aromatic rings. The number of aromatic nitrogens is 2. The second kappa shape index (κ2) is 6.10.